The molecule has 3 saturated heterocycles. The first-order valence-corrected chi connectivity index (χ1v) is 18.8. The highest BCUT2D eigenvalue weighted by Gasteiger charge is 2.62. The summed E-state index contributed by atoms with van der Waals surface area (Å²) in [6.07, 6.45) is -27.8. The summed E-state index contributed by atoms with van der Waals surface area (Å²) in [5.74, 6) is -12.6. The van der Waals surface area contributed by atoms with Crippen molar-refractivity contribution in [1.82, 2.24) is 10.6 Å². The summed E-state index contributed by atoms with van der Waals surface area (Å²) in [4.78, 5) is 63.4. The van der Waals surface area contributed by atoms with E-state index in [0.717, 1.165) is 38.1 Å². The van der Waals surface area contributed by atoms with Gasteiger partial charge < -0.3 is 95.2 Å². The van der Waals surface area contributed by atoms with E-state index in [2.05, 4.69) is 20.7 Å². The quantitative estimate of drug-likeness (QED) is 0.0202. The lowest BCUT2D eigenvalue weighted by atomic mass is 9.86. The van der Waals surface area contributed by atoms with E-state index in [1.54, 1.807) is 0 Å². The molecule has 17 atom stereocenters. The van der Waals surface area contributed by atoms with Gasteiger partial charge in [-0.2, -0.15) is 0 Å². The number of carboxylic acid groups (broad SMARTS) is 2. The van der Waals surface area contributed by atoms with Crippen LogP contribution in [0.5, 0.6) is 5.75 Å². The predicted molar refractivity (Wildman–Crippen MR) is 197 cm³/mol. The first kappa shape index (κ1) is 50.7. The van der Waals surface area contributed by atoms with E-state index in [0.29, 0.717) is 0 Å². The average molecular weight is 909 g/mol. The maximum absolute atomic E-state index is 13.1. The molecule has 4 rings (SSSR count). The molecule has 29 nitrogen and oxygen atoms in total. The fourth-order valence-electron chi connectivity index (χ4n) is 7.33. The third-order valence-corrected chi connectivity index (χ3v) is 10.3. The number of amides is 2. The molecule has 1 aromatic rings. The SMILES string of the molecule is CC(=O)N[C@@H]1[C@@H](O)C[C@](O[C@H]2[C@@H](O)[C@@H](CO)O[C@@H](Oc3ccc([N+](=O)[O-])cc3)[C@@H]2O)(C(=O)O)O[C@H]1C(O)C(CO)O[C@]1(C(=O)O)C[C@H](O)[C@@H](NC(C)=O)[C@H](C(N=[N+]=[N-])C(O)CO)O1. The number of carboxylic acids is 2. The molecule has 0 aromatic heterocycles. The minimum Gasteiger partial charge on any atom is -0.477 e. The van der Waals surface area contributed by atoms with Crippen molar-refractivity contribution in [2.45, 2.75) is 130 Å². The Kier molecular flexibility index (Phi) is 17.0. The van der Waals surface area contributed by atoms with E-state index in [4.69, 9.17) is 28.4 Å². The van der Waals surface area contributed by atoms with Crippen LogP contribution in [-0.2, 0) is 42.9 Å². The third kappa shape index (κ3) is 11.2. The summed E-state index contributed by atoms with van der Waals surface area (Å²) in [5, 5.41) is 137. The topological polar surface area (TPSA) is 462 Å². The molecule has 0 aliphatic carbocycles. The van der Waals surface area contributed by atoms with Gasteiger partial charge >= 0.3 is 11.9 Å². The van der Waals surface area contributed by atoms with E-state index >= 15 is 0 Å². The Morgan fingerprint density at radius 3 is 1.92 bits per heavy atom. The van der Waals surface area contributed by atoms with Crippen molar-refractivity contribution in [2.24, 2.45) is 5.11 Å². The summed E-state index contributed by atoms with van der Waals surface area (Å²) >= 11 is 0. The first-order valence-electron chi connectivity index (χ1n) is 18.8. The molecule has 1 aromatic carbocycles. The molecule has 352 valence electrons. The Labute approximate surface area is 354 Å². The van der Waals surface area contributed by atoms with Gasteiger partial charge in [0.05, 0.1) is 67.3 Å². The first-order chi connectivity index (χ1) is 29.6. The Morgan fingerprint density at radius 2 is 1.44 bits per heavy atom. The van der Waals surface area contributed by atoms with Gasteiger partial charge in [-0.3, -0.25) is 19.7 Å². The van der Waals surface area contributed by atoms with Gasteiger partial charge in [-0.1, -0.05) is 5.11 Å². The largest absolute Gasteiger partial charge is 0.477 e. The molecule has 3 aliphatic heterocycles. The highest BCUT2D eigenvalue weighted by molar-refractivity contribution is 5.77. The number of nitrogens with zero attached hydrogens (tertiary/aromatic N) is 4. The normalized spacial score (nSPS) is 35.1. The predicted octanol–water partition coefficient (Wildman–Crippen LogP) is -5.56. The standard InChI is InChI=1S/C34H48N6O23/c1-12(44)36-21-16(46)7-33(31(52)53,61-27(21)23(38-39-35)18(48)9-41)60-20(11-43)25(50)28-22(37-13(2)45)17(47)8-34(62-28,32(54)55)63-29-24(49)19(10-42)59-30(26(29)51)58-15-5-3-14(4-6-15)40(56)57/h3-6,16-30,41-43,46-51H,7-11H2,1-2H3,(H,36,44)(H,37,45)(H,52,53)(H,54,55)/t16-,17-,18?,19+,20?,21+,22+,23?,24-,25?,26+,27+,28+,29-,30+,33+,34-/m0/s1. The number of carbonyl (C=O) groups is 4. The molecule has 0 bridgehead atoms. The van der Waals surface area contributed by atoms with Crippen molar-refractivity contribution in [1.29, 1.82) is 0 Å². The van der Waals surface area contributed by atoms with Crippen LogP contribution in [-0.4, -0.2) is 208 Å². The molecule has 29 heteroatoms. The van der Waals surface area contributed by atoms with Crippen molar-refractivity contribution < 1.29 is 109 Å². The van der Waals surface area contributed by atoms with Crippen LogP contribution in [0.1, 0.15) is 26.7 Å². The lowest BCUT2D eigenvalue weighted by Gasteiger charge is -2.51. The zero-order valence-electron chi connectivity index (χ0n) is 33.1. The van der Waals surface area contributed by atoms with Crippen LogP contribution in [0.25, 0.3) is 10.4 Å². The number of azide groups is 1. The van der Waals surface area contributed by atoms with Crippen molar-refractivity contribution in [2.75, 3.05) is 19.8 Å². The number of non-ortho nitro benzene ring substituents is 1. The average Bonchev–Trinajstić information content (AvgIpc) is 3.22. The number of benzene rings is 1. The molecule has 13 N–H and O–H groups in total. The molecule has 0 radical (unpaired) electrons. The number of aliphatic carboxylic acids is 2. The molecule has 0 saturated carbocycles. The number of hydrogen-bond donors (Lipinski definition) is 13. The van der Waals surface area contributed by atoms with Gasteiger partial charge in [0.1, 0.15) is 48.5 Å². The number of ether oxygens (including phenoxy) is 6. The molecular formula is C34H48N6O23. The Bertz CT molecular complexity index is 1840. The molecule has 4 unspecified atom stereocenters. The number of nitro groups is 1. The Hall–Kier alpha value is -4.95. The van der Waals surface area contributed by atoms with Crippen LogP contribution in [0.2, 0.25) is 0 Å². The van der Waals surface area contributed by atoms with Crippen molar-refractivity contribution in [3.8, 4) is 5.75 Å². The molecular weight excluding hydrogens is 860 g/mol. The zero-order chi connectivity index (χ0) is 47.1. The van der Waals surface area contributed by atoms with Crippen molar-refractivity contribution in [3.05, 3.63) is 44.8 Å². The molecule has 3 heterocycles. The zero-order valence-corrected chi connectivity index (χ0v) is 33.1. The van der Waals surface area contributed by atoms with Crippen LogP contribution in [0.15, 0.2) is 29.4 Å². The summed E-state index contributed by atoms with van der Waals surface area (Å²) in [6, 6.07) is -1.23. The second kappa shape index (κ2) is 21.2. The number of nitrogens with one attached hydrogen (secondary N) is 2. The fraction of sp³-hybridized carbons (Fsp3) is 0.706. The summed E-state index contributed by atoms with van der Waals surface area (Å²) in [6.45, 7) is -1.63. The minimum atomic E-state index is -3.26. The van der Waals surface area contributed by atoms with Crippen LogP contribution < -0.4 is 15.4 Å². The smallest absolute Gasteiger partial charge is 0.364 e. The highest BCUT2D eigenvalue weighted by atomic mass is 16.8. The molecule has 63 heavy (non-hydrogen) atoms. The number of aliphatic hydroxyl groups is 9. The van der Waals surface area contributed by atoms with Gasteiger partial charge in [-0.05, 0) is 17.7 Å². The third-order valence-electron chi connectivity index (χ3n) is 10.3. The van der Waals surface area contributed by atoms with E-state index in [9.17, 15) is 91.0 Å². The van der Waals surface area contributed by atoms with Crippen molar-refractivity contribution in [3.63, 3.8) is 0 Å². The van der Waals surface area contributed by atoms with E-state index < -0.39 is 164 Å². The summed E-state index contributed by atoms with van der Waals surface area (Å²) in [7, 11) is 0. The Morgan fingerprint density at radius 1 is 0.905 bits per heavy atom. The molecule has 2 amide bonds. The highest BCUT2D eigenvalue weighted by Crippen LogP contribution is 2.40. The number of hydrogen-bond acceptors (Lipinski definition) is 22. The van der Waals surface area contributed by atoms with Crippen molar-refractivity contribution >= 4 is 29.4 Å². The summed E-state index contributed by atoms with van der Waals surface area (Å²) in [5.41, 5.74) is 8.84. The van der Waals surface area contributed by atoms with Crippen LogP contribution in [0.3, 0.4) is 0 Å². The lowest BCUT2D eigenvalue weighted by Crippen LogP contribution is -2.71. The van der Waals surface area contributed by atoms with Crippen LogP contribution >= 0.6 is 0 Å². The molecule has 3 aliphatic rings. The molecule has 0 spiro atoms. The van der Waals surface area contributed by atoms with Gasteiger partial charge in [-0.25, -0.2) is 9.59 Å². The van der Waals surface area contributed by atoms with Gasteiger partial charge in [0.2, 0.25) is 18.1 Å². The number of rotatable bonds is 19. The van der Waals surface area contributed by atoms with Crippen LogP contribution in [0.4, 0.5) is 5.69 Å². The van der Waals surface area contributed by atoms with E-state index in [1.165, 1.54) is 0 Å². The van der Waals surface area contributed by atoms with E-state index in [1.807, 2.05) is 0 Å². The van der Waals surface area contributed by atoms with Gasteiger partial charge in [0.25, 0.3) is 17.3 Å². The van der Waals surface area contributed by atoms with E-state index in [-0.39, 0.29) is 11.4 Å². The maximum atomic E-state index is 13.1. The minimum absolute atomic E-state index is 0.159. The van der Waals surface area contributed by atoms with Gasteiger partial charge in [-0.15, -0.1) is 0 Å². The number of aliphatic hydroxyl groups excluding tert-OH is 9. The maximum Gasteiger partial charge on any atom is 0.364 e. The summed E-state index contributed by atoms with van der Waals surface area (Å²) < 4.78 is 33.7. The second-order valence-corrected chi connectivity index (χ2v) is 14.7. The van der Waals surface area contributed by atoms with Gasteiger partial charge in [0, 0.05) is 43.7 Å². The number of carbonyl (C=O) groups excluding carboxylic acids is 2. The Balaban J connectivity index is 1.73. The second-order valence-electron chi connectivity index (χ2n) is 14.7. The fourth-order valence-corrected chi connectivity index (χ4v) is 7.33. The monoisotopic (exact) mass is 908 g/mol. The van der Waals surface area contributed by atoms with Crippen LogP contribution in [0, 0.1) is 10.1 Å². The lowest BCUT2D eigenvalue weighted by molar-refractivity contribution is -0.384. The van der Waals surface area contributed by atoms with Gasteiger partial charge in [0.15, 0.2) is 0 Å². The number of nitro benzene ring substituents is 1. The molecule has 3 fully saturated rings.